The van der Waals surface area contributed by atoms with Gasteiger partial charge in [0.25, 0.3) is 0 Å². The molecule has 0 heterocycles. The standard InChI is InChI=1S/C22H25NO/c1-14-11-12-19(15(2)13-14)23-22(24)21-17-9-6-10-18(21)20(17)16-7-4-3-5-8-16/h3-5,7-8,11-13,17-18,20-21H,6,9-10H2,1-2H3,(H,23,24). The predicted molar refractivity (Wildman–Crippen MR) is 98.0 cm³/mol. The topological polar surface area (TPSA) is 29.1 Å². The molecule has 2 aliphatic rings. The van der Waals surface area contributed by atoms with Gasteiger partial charge in [-0.05, 0) is 61.6 Å². The Bertz CT molecular complexity index is 740. The van der Waals surface area contributed by atoms with Crippen molar-refractivity contribution in [1.29, 1.82) is 0 Å². The number of hydrogen-bond acceptors (Lipinski definition) is 1. The Kier molecular flexibility index (Phi) is 3.91. The van der Waals surface area contributed by atoms with E-state index in [1.807, 2.05) is 6.07 Å². The number of rotatable bonds is 3. The zero-order valence-electron chi connectivity index (χ0n) is 14.5. The quantitative estimate of drug-likeness (QED) is 0.840. The fourth-order valence-corrected chi connectivity index (χ4v) is 4.97. The van der Waals surface area contributed by atoms with Crippen molar-refractivity contribution < 1.29 is 4.79 Å². The van der Waals surface area contributed by atoms with Crippen molar-refractivity contribution >= 4 is 11.6 Å². The first-order valence-electron chi connectivity index (χ1n) is 9.08. The Morgan fingerprint density at radius 2 is 1.71 bits per heavy atom. The molecule has 0 aromatic heterocycles. The van der Waals surface area contributed by atoms with Gasteiger partial charge >= 0.3 is 0 Å². The molecule has 124 valence electrons. The number of amides is 1. The van der Waals surface area contributed by atoms with Gasteiger partial charge in [-0.15, -0.1) is 0 Å². The largest absolute Gasteiger partial charge is 0.326 e. The van der Waals surface area contributed by atoms with Crippen LogP contribution in [0, 0.1) is 31.6 Å². The molecule has 2 aromatic carbocycles. The van der Waals surface area contributed by atoms with Crippen molar-refractivity contribution in [1.82, 2.24) is 0 Å². The summed E-state index contributed by atoms with van der Waals surface area (Å²) < 4.78 is 0. The van der Waals surface area contributed by atoms with Gasteiger partial charge in [-0.2, -0.15) is 0 Å². The summed E-state index contributed by atoms with van der Waals surface area (Å²) in [5.41, 5.74) is 4.76. The summed E-state index contributed by atoms with van der Waals surface area (Å²) in [6, 6.07) is 17.0. The molecule has 2 fully saturated rings. The lowest BCUT2D eigenvalue weighted by Gasteiger charge is -2.55. The molecule has 1 N–H and O–H groups in total. The molecule has 2 atom stereocenters. The van der Waals surface area contributed by atoms with Crippen LogP contribution in [0.1, 0.15) is 41.9 Å². The normalized spacial score (nSPS) is 28.1. The lowest BCUT2D eigenvalue weighted by atomic mass is 9.48. The van der Waals surface area contributed by atoms with Gasteiger partial charge < -0.3 is 5.32 Å². The summed E-state index contributed by atoms with van der Waals surface area (Å²) in [6.07, 6.45) is 3.63. The van der Waals surface area contributed by atoms with E-state index in [1.165, 1.54) is 30.4 Å². The van der Waals surface area contributed by atoms with Crippen LogP contribution in [0.2, 0.25) is 0 Å². The highest BCUT2D eigenvalue weighted by molar-refractivity contribution is 5.94. The summed E-state index contributed by atoms with van der Waals surface area (Å²) >= 11 is 0. The maximum atomic E-state index is 12.9. The van der Waals surface area contributed by atoms with Gasteiger partial charge in [0.2, 0.25) is 5.91 Å². The van der Waals surface area contributed by atoms with Crippen LogP contribution in [0.3, 0.4) is 0 Å². The predicted octanol–water partition coefficient (Wildman–Crippen LogP) is 5.07. The van der Waals surface area contributed by atoms with Gasteiger partial charge in [0.15, 0.2) is 0 Å². The van der Waals surface area contributed by atoms with Crippen LogP contribution in [-0.4, -0.2) is 5.91 Å². The van der Waals surface area contributed by atoms with Gasteiger partial charge in [-0.25, -0.2) is 0 Å². The fraction of sp³-hybridized carbons (Fsp3) is 0.409. The number of carbonyl (C=O) groups is 1. The van der Waals surface area contributed by atoms with Crippen molar-refractivity contribution in [2.45, 2.75) is 39.0 Å². The molecule has 2 unspecified atom stereocenters. The van der Waals surface area contributed by atoms with Crippen LogP contribution in [0.5, 0.6) is 0 Å². The molecule has 0 radical (unpaired) electrons. The Labute approximate surface area is 144 Å². The molecule has 24 heavy (non-hydrogen) atoms. The molecule has 0 spiro atoms. The van der Waals surface area contributed by atoms with E-state index in [9.17, 15) is 4.79 Å². The second kappa shape index (κ2) is 6.08. The van der Waals surface area contributed by atoms with Crippen LogP contribution in [0.15, 0.2) is 48.5 Å². The van der Waals surface area contributed by atoms with Crippen molar-refractivity contribution in [3.8, 4) is 0 Å². The Hall–Kier alpha value is -2.09. The first-order valence-corrected chi connectivity index (χ1v) is 9.08. The molecule has 0 aliphatic heterocycles. The van der Waals surface area contributed by atoms with Crippen LogP contribution >= 0.6 is 0 Å². The zero-order valence-corrected chi connectivity index (χ0v) is 14.5. The maximum Gasteiger partial charge on any atom is 0.228 e. The van der Waals surface area contributed by atoms with Gasteiger partial charge in [0.05, 0.1) is 0 Å². The molecule has 4 rings (SSSR count). The van der Waals surface area contributed by atoms with Crippen molar-refractivity contribution in [2.24, 2.45) is 17.8 Å². The monoisotopic (exact) mass is 319 g/mol. The number of anilines is 1. The third-order valence-corrected chi connectivity index (χ3v) is 6.05. The number of nitrogens with one attached hydrogen (secondary N) is 1. The number of fused-ring (bicyclic) bond motifs is 2. The van der Waals surface area contributed by atoms with Gasteiger partial charge in [-0.3, -0.25) is 4.79 Å². The molecule has 2 heteroatoms. The highest BCUT2D eigenvalue weighted by atomic mass is 16.2. The van der Waals surface area contributed by atoms with Crippen molar-refractivity contribution in [3.63, 3.8) is 0 Å². The smallest absolute Gasteiger partial charge is 0.228 e. The van der Waals surface area contributed by atoms with E-state index in [2.05, 4.69) is 61.6 Å². The van der Waals surface area contributed by atoms with E-state index in [0.717, 1.165) is 11.3 Å². The van der Waals surface area contributed by atoms with Crippen LogP contribution in [-0.2, 0) is 4.79 Å². The average molecular weight is 319 g/mol. The minimum atomic E-state index is 0.185. The summed E-state index contributed by atoms with van der Waals surface area (Å²) in [4.78, 5) is 12.9. The molecule has 2 bridgehead atoms. The minimum Gasteiger partial charge on any atom is -0.326 e. The Morgan fingerprint density at radius 1 is 1.00 bits per heavy atom. The molecular weight excluding hydrogens is 294 g/mol. The summed E-state index contributed by atoms with van der Waals surface area (Å²) in [6.45, 7) is 4.15. The Morgan fingerprint density at radius 3 is 2.38 bits per heavy atom. The van der Waals surface area contributed by atoms with Crippen molar-refractivity contribution in [2.75, 3.05) is 5.32 Å². The number of benzene rings is 2. The second-order valence-corrected chi connectivity index (χ2v) is 7.53. The van der Waals surface area contributed by atoms with E-state index in [1.54, 1.807) is 0 Å². The van der Waals surface area contributed by atoms with E-state index >= 15 is 0 Å². The molecule has 2 nitrogen and oxygen atoms in total. The first kappa shape index (κ1) is 15.4. The molecule has 2 aliphatic carbocycles. The van der Waals surface area contributed by atoms with Crippen molar-refractivity contribution in [3.05, 3.63) is 65.2 Å². The highest BCUT2D eigenvalue weighted by Crippen LogP contribution is 2.60. The summed E-state index contributed by atoms with van der Waals surface area (Å²) in [7, 11) is 0. The molecule has 1 amide bonds. The average Bonchev–Trinajstić information content (AvgIpc) is 2.59. The molecule has 2 saturated carbocycles. The van der Waals surface area contributed by atoms with Crippen LogP contribution in [0.25, 0.3) is 0 Å². The third kappa shape index (κ3) is 2.54. The SMILES string of the molecule is Cc1ccc(NC(=O)C2C3CCCC2C3c2ccccc2)c(C)c1. The number of aryl methyl sites for hydroxylation is 2. The van der Waals surface area contributed by atoms with E-state index in [0.29, 0.717) is 17.8 Å². The van der Waals surface area contributed by atoms with Gasteiger partial charge in [0, 0.05) is 11.6 Å². The second-order valence-electron chi connectivity index (χ2n) is 7.53. The first-order chi connectivity index (χ1) is 11.6. The Balaban J connectivity index is 1.52. The minimum absolute atomic E-state index is 0.185. The van der Waals surface area contributed by atoms with Gasteiger partial charge in [-0.1, -0.05) is 54.4 Å². The van der Waals surface area contributed by atoms with E-state index in [4.69, 9.17) is 0 Å². The maximum absolute atomic E-state index is 12.9. The zero-order chi connectivity index (χ0) is 16.7. The lowest BCUT2D eigenvalue weighted by molar-refractivity contribution is -0.135. The summed E-state index contributed by atoms with van der Waals surface area (Å²) in [5, 5.41) is 3.20. The summed E-state index contributed by atoms with van der Waals surface area (Å²) in [5.74, 6) is 2.01. The fourth-order valence-electron chi connectivity index (χ4n) is 4.97. The van der Waals surface area contributed by atoms with E-state index in [-0.39, 0.29) is 11.8 Å². The highest BCUT2D eigenvalue weighted by Gasteiger charge is 2.55. The van der Waals surface area contributed by atoms with Crippen LogP contribution < -0.4 is 5.32 Å². The lowest BCUT2D eigenvalue weighted by Crippen LogP contribution is -2.53. The number of hydrogen-bond donors (Lipinski definition) is 1. The van der Waals surface area contributed by atoms with Gasteiger partial charge in [0.1, 0.15) is 0 Å². The molecule has 0 saturated heterocycles. The van der Waals surface area contributed by atoms with Crippen LogP contribution in [0.4, 0.5) is 5.69 Å². The molecular formula is C22H25NO. The van der Waals surface area contributed by atoms with E-state index < -0.39 is 0 Å². The number of carbonyl (C=O) groups excluding carboxylic acids is 1. The third-order valence-electron chi connectivity index (χ3n) is 6.05. The molecule has 2 aromatic rings.